The molecule has 0 saturated carbocycles. The highest BCUT2D eigenvalue weighted by atomic mass is 16.5. The number of hydrogen-bond donors (Lipinski definition) is 1. The lowest BCUT2D eigenvalue weighted by atomic mass is 10.1. The number of nitrogens with one attached hydrogen (secondary N) is 1. The molecule has 3 aromatic rings. The molecule has 0 aliphatic heterocycles. The van der Waals surface area contributed by atoms with E-state index in [-0.39, 0.29) is 5.56 Å². The van der Waals surface area contributed by atoms with E-state index < -0.39 is 23.5 Å². The minimum atomic E-state index is -1.02. The number of carbonyl (C=O) groups excluding carboxylic acids is 2. The van der Waals surface area contributed by atoms with E-state index in [0.29, 0.717) is 12.1 Å². The first kappa shape index (κ1) is 22.8. The molecule has 2 aromatic carbocycles. The monoisotopic (exact) mass is 434 g/mol. The zero-order valence-corrected chi connectivity index (χ0v) is 18.5. The van der Waals surface area contributed by atoms with Crippen molar-refractivity contribution in [1.82, 2.24) is 9.88 Å². The van der Waals surface area contributed by atoms with Crippen molar-refractivity contribution in [3.8, 4) is 5.75 Å². The summed E-state index contributed by atoms with van der Waals surface area (Å²) < 4.78 is 11.6. The van der Waals surface area contributed by atoms with Crippen molar-refractivity contribution in [3.05, 3.63) is 99.0 Å². The van der Waals surface area contributed by atoms with Gasteiger partial charge in [-0.25, -0.2) is 4.79 Å². The first-order valence-corrected chi connectivity index (χ1v) is 10.1. The van der Waals surface area contributed by atoms with E-state index in [0.717, 1.165) is 22.6 Å². The number of esters is 1. The third-order valence-electron chi connectivity index (χ3n) is 5.40. The maximum Gasteiger partial charge on any atom is 0.333 e. The lowest BCUT2D eigenvalue weighted by Gasteiger charge is -2.18. The Morgan fingerprint density at radius 3 is 2.25 bits per heavy atom. The van der Waals surface area contributed by atoms with Crippen LogP contribution in [0.5, 0.6) is 5.75 Å². The third kappa shape index (κ3) is 4.88. The standard InChI is InChI=1S/C25H26N2O5/c1-16-14-21(23(28)26-22(25(30)32-4)19-8-6-5-7-9-19)24(29)27(17(16)2)15-18-10-12-20(31-3)13-11-18/h5-14,22H,15H2,1-4H3,(H,26,28)/t22-/m0/s1. The fourth-order valence-electron chi connectivity index (χ4n) is 3.41. The maximum atomic E-state index is 13.2. The summed E-state index contributed by atoms with van der Waals surface area (Å²) in [5, 5.41) is 2.65. The number of hydrogen-bond acceptors (Lipinski definition) is 5. The van der Waals surface area contributed by atoms with Gasteiger partial charge >= 0.3 is 5.97 Å². The van der Waals surface area contributed by atoms with Crippen molar-refractivity contribution < 1.29 is 19.1 Å². The third-order valence-corrected chi connectivity index (χ3v) is 5.40. The molecule has 1 heterocycles. The number of amides is 1. The van der Waals surface area contributed by atoms with Gasteiger partial charge in [0.1, 0.15) is 11.3 Å². The van der Waals surface area contributed by atoms with E-state index in [2.05, 4.69) is 5.32 Å². The predicted molar refractivity (Wildman–Crippen MR) is 121 cm³/mol. The molecule has 7 nitrogen and oxygen atoms in total. The minimum Gasteiger partial charge on any atom is -0.497 e. The van der Waals surface area contributed by atoms with Gasteiger partial charge in [0.25, 0.3) is 11.5 Å². The predicted octanol–water partition coefficient (Wildman–Crippen LogP) is 3.17. The Balaban J connectivity index is 1.95. The van der Waals surface area contributed by atoms with E-state index in [9.17, 15) is 14.4 Å². The van der Waals surface area contributed by atoms with Crippen molar-refractivity contribution in [2.24, 2.45) is 0 Å². The fraction of sp³-hybridized carbons (Fsp3) is 0.240. The second-order valence-electron chi connectivity index (χ2n) is 7.41. The molecule has 3 rings (SSSR count). The number of methoxy groups -OCH3 is 2. The van der Waals surface area contributed by atoms with Crippen LogP contribution >= 0.6 is 0 Å². The van der Waals surface area contributed by atoms with Crippen LogP contribution in [0.25, 0.3) is 0 Å². The molecule has 0 radical (unpaired) electrons. The van der Waals surface area contributed by atoms with E-state index >= 15 is 0 Å². The highest BCUT2D eigenvalue weighted by Gasteiger charge is 2.26. The van der Waals surface area contributed by atoms with Crippen LogP contribution in [-0.4, -0.2) is 30.7 Å². The summed E-state index contributed by atoms with van der Waals surface area (Å²) in [6.07, 6.45) is 0. The lowest BCUT2D eigenvalue weighted by molar-refractivity contribution is -0.143. The van der Waals surface area contributed by atoms with Crippen molar-refractivity contribution in [3.63, 3.8) is 0 Å². The summed E-state index contributed by atoms with van der Waals surface area (Å²) >= 11 is 0. The van der Waals surface area contributed by atoms with Crippen molar-refractivity contribution in [1.29, 1.82) is 0 Å². The quantitative estimate of drug-likeness (QED) is 0.577. The number of aromatic nitrogens is 1. The summed E-state index contributed by atoms with van der Waals surface area (Å²) in [6.45, 7) is 3.98. The number of pyridine rings is 1. The average molecular weight is 434 g/mol. The molecule has 0 aliphatic carbocycles. The zero-order chi connectivity index (χ0) is 23.3. The van der Waals surface area contributed by atoms with E-state index in [1.807, 2.05) is 38.1 Å². The fourth-order valence-corrected chi connectivity index (χ4v) is 3.41. The Kier molecular flexibility index (Phi) is 7.10. The smallest absolute Gasteiger partial charge is 0.333 e. The molecule has 1 atom stereocenters. The number of benzene rings is 2. The van der Waals surface area contributed by atoms with Crippen LogP contribution in [0, 0.1) is 13.8 Å². The molecular weight excluding hydrogens is 408 g/mol. The summed E-state index contributed by atoms with van der Waals surface area (Å²) in [5.74, 6) is -0.537. The lowest BCUT2D eigenvalue weighted by Crippen LogP contribution is -2.39. The summed E-state index contributed by atoms with van der Waals surface area (Å²) in [4.78, 5) is 38.6. The first-order chi connectivity index (χ1) is 15.3. The zero-order valence-electron chi connectivity index (χ0n) is 18.5. The maximum absolute atomic E-state index is 13.2. The Bertz CT molecular complexity index is 1170. The van der Waals surface area contributed by atoms with Crippen LogP contribution in [0.4, 0.5) is 0 Å². The Morgan fingerprint density at radius 1 is 1.00 bits per heavy atom. The molecule has 166 valence electrons. The molecule has 7 heteroatoms. The molecule has 0 bridgehead atoms. The van der Waals surface area contributed by atoms with Gasteiger partial charge in [0.05, 0.1) is 20.8 Å². The van der Waals surface area contributed by atoms with Gasteiger partial charge in [-0.3, -0.25) is 9.59 Å². The largest absolute Gasteiger partial charge is 0.497 e. The molecule has 32 heavy (non-hydrogen) atoms. The molecule has 0 fully saturated rings. The average Bonchev–Trinajstić information content (AvgIpc) is 2.82. The molecule has 0 aliphatic rings. The molecule has 1 aromatic heterocycles. The molecule has 1 N–H and O–H groups in total. The molecule has 0 spiro atoms. The van der Waals surface area contributed by atoms with Crippen LogP contribution in [0.3, 0.4) is 0 Å². The molecule has 0 unspecified atom stereocenters. The Labute approximate surface area is 186 Å². The normalized spacial score (nSPS) is 11.5. The van der Waals surface area contributed by atoms with Gasteiger partial charge in [-0.15, -0.1) is 0 Å². The highest BCUT2D eigenvalue weighted by molar-refractivity contribution is 5.97. The summed E-state index contributed by atoms with van der Waals surface area (Å²) in [7, 11) is 2.84. The van der Waals surface area contributed by atoms with Gasteiger partial charge < -0.3 is 19.4 Å². The van der Waals surface area contributed by atoms with E-state index in [1.165, 1.54) is 7.11 Å². The SMILES string of the molecule is COC(=O)[C@@H](NC(=O)c1cc(C)c(C)n(Cc2ccc(OC)cc2)c1=O)c1ccccc1. The molecule has 0 saturated heterocycles. The highest BCUT2D eigenvalue weighted by Crippen LogP contribution is 2.17. The second kappa shape index (κ2) is 9.96. The van der Waals surface area contributed by atoms with Gasteiger partial charge in [0, 0.05) is 5.69 Å². The van der Waals surface area contributed by atoms with Crippen molar-refractivity contribution in [2.45, 2.75) is 26.4 Å². The van der Waals surface area contributed by atoms with Gasteiger partial charge in [-0.05, 0) is 48.7 Å². The summed E-state index contributed by atoms with van der Waals surface area (Å²) in [6, 6.07) is 16.7. The number of ether oxygens (including phenoxy) is 2. The Hall–Kier alpha value is -3.87. The van der Waals surface area contributed by atoms with Gasteiger partial charge in [-0.1, -0.05) is 42.5 Å². The van der Waals surface area contributed by atoms with Crippen LogP contribution in [0.2, 0.25) is 0 Å². The van der Waals surface area contributed by atoms with Gasteiger partial charge in [0.15, 0.2) is 6.04 Å². The minimum absolute atomic E-state index is 0.0357. The van der Waals surface area contributed by atoms with Crippen LogP contribution in [0.15, 0.2) is 65.5 Å². The van der Waals surface area contributed by atoms with Crippen molar-refractivity contribution >= 4 is 11.9 Å². The molecular formula is C25H26N2O5. The first-order valence-electron chi connectivity index (χ1n) is 10.1. The topological polar surface area (TPSA) is 86.6 Å². The van der Waals surface area contributed by atoms with Gasteiger partial charge in [-0.2, -0.15) is 0 Å². The summed E-state index contributed by atoms with van der Waals surface area (Å²) in [5.41, 5.74) is 2.54. The Morgan fingerprint density at radius 2 is 1.66 bits per heavy atom. The van der Waals surface area contributed by atoms with E-state index in [4.69, 9.17) is 9.47 Å². The number of aryl methyl sites for hydroxylation is 1. The number of carbonyl (C=O) groups is 2. The number of rotatable bonds is 7. The van der Waals surface area contributed by atoms with Gasteiger partial charge in [0.2, 0.25) is 0 Å². The van der Waals surface area contributed by atoms with Crippen molar-refractivity contribution in [2.75, 3.05) is 14.2 Å². The van der Waals surface area contributed by atoms with E-state index in [1.54, 1.807) is 48.1 Å². The van der Waals surface area contributed by atoms with Crippen LogP contribution in [-0.2, 0) is 16.1 Å². The van der Waals surface area contributed by atoms with Crippen LogP contribution in [0.1, 0.15) is 38.8 Å². The second-order valence-corrected chi connectivity index (χ2v) is 7.41. The van der Waals surface area contributed by atoms with Crippen LogP contribution < -0.4 is 15.6 Å². The molecule has 1 amide bonds. The number of nitrogens with zero attached hydrogens (tertiary/aromatic N) is 1.